The summed E-state index contributed by atoms with van der Waals surface area (Å²) < 4.78 is 5.20. The fraction of sp³-hybridized carbons (Fsp3) is 0.857. The van der Waals surface area contributed by atoms with E-state index in [1.807, 2.05) is 6.92 Å². The van der Waals surface area contributed by atoms with Crippen molar-refractivity contribution in [3.63, 3.8) is 0 Å². The van der Waals surface area contributed by atoms with Gasteiger partial charge in [-0.05, 0) is 69.6 Å². The van der Waals surface area contributed by atoms with Gasteiger partial charge in [0.25, 0.3) is 0 Å². The third-order valence-corrected chi connectivity index (χ3v) is 8.03. The van der Waals surface area contributed by atoms with Crippen LogP contribution in [0.4, 0.5) is 0 Å². The molecule has 0 aromatic rings. The number of rotatable bonds is 2. The SMILES string of the molecule is COC(=O)[C@]1(C)CCC[C@@]2(C)C1CCC1=C[C@@](C)(C(C)O)CC[C@@H]12. The summed E-state index contributed by atoms with van der Waals surface area (Å²) in [4.78, 5) is 12.6. The zero-order valence-electron chi connectivity index (χ0n) is 16.0. The predicted octanol–water partition coefficient (Wildman–Crippen LogP) is 4.49. The van der Waals surface area contributed by atoms with Gasteiger partial charge in [0.15, 0.2) is 0 Å². The van der Waals surface area contributed by atoms with Crippen LogP contribution in [0.1, 0.15) is 72.6 Å². The molecule has 1 N–H and O–H groups in total. The lowest BCUT2D eigenvalue weighted by molar-refractivity contribution is -0.168. The van der Waals surface area contributed by atoms with Gasteiger partial charge < -0.3 is 9.84 Å². The molecule has 136 valence electrons. The van der Waals surface area contributed by atoms with Crippen LogP contribution in [0.2, 0.25) is 0 Å². The second kappa shape index (κ2) is 5.86. The summed E-state index contributed by atoms with van der Waals surface area (Å²) >= 11 is 0. The number of hydrogen-bond donors (Lipinski definition) is 1. The van der Waals surface area contributed by atoms with E-state index in [0.29, 0.717) is 11.8 Å². The highest BCUT2D eigenvalue weighted by Gasteiger charge is 2.58. The normalized spacial score (nSPS) is 46.3. The Labute approximate surface area is 146 Å². The van der Waals surface area contributed by atoms with Gasteiger partial charge in [-0.15, -0.1) is 0 Å². The molecule has 0 aliphatic heterocycles. The monoisotopic (exact) mass is 334 g/mol. The van der Waals surface area contributed by atoms with Gasteiger partial charge in [-0.3, -0.25) is 4.79 Å². The maximum absolute atomic E-state index is 12.6. The Bertz CT molecular complexity index is 551. The first-order valence-electron chi connectivity index (χ1n) is 9.65. The summed E-state index contributed by atoms with van der Waals surface area (Å²) in [5.74, 6) is 0.951. The Morgan fingerprint density at radius 2 is 1.96 bits per heavy atom. The average Bonchev–Trinajstić information content (AvgIpc) is 2.53. The number of fused-ring (bicyclic) bond motifs is 3. The Morgan fingerprint density at radius 3 is 2.58 bits per heavy atom. The van der Waals surface area contributed by atoms with E-state index in [1.54, 1.807) is 0 Å². The molecule has 0 spiro atoms. The lowest BCUT2D eigenvalue weighted by Crippen LogP contribution is -2.54. The fourth-order valence-corrected chi connectivity index (χ4v) is 6.33. The van der Waals surface area contributed by atoms with Gasteiger partial charge >= 0.3 is 5.97 Å². The molecule has 3 aliphatic rings. The minimum atomic E-state index is -0.335. The Morgan fingerprint density at radius 1 is 1.25 bits per heavy atom. The minimum Gasteiger partial charge on any atom is -0.469 e. The van der Waals surface area contributed by atoms with Gasteiger partial charge in [0, 0.05) is 5.41 Å². The number of carbonyl (C=O) groups is 1. The fourth-order valence-electron chi connectivity index (χ4n) is 6.33. The Hall–Kier alpha value is -0.830. The quantitative estimate of drug-likeness (QED) is 0.598. The van der Waals surface area contributed by atoms with Gasteiger partial charge in [-0.25, -0.2) is 0 Å². The molecule has 0 radical (unpaired) electrons. The van der Waals surface area contributed by atoms with Crippen molar-refractivity contribution < 1.29 is 14.6 Å². The average molecular weight is 335 g/mol. The lowest BCUT2D eigenvalue weighted by Gasteiger charge is -2.59. The first-order chi connectivity index (χ1) is 11.2. The van der Waals surface area contributed by atoms with Crippen molar-refractivity contribution in [3.05, 3.63) is 11.6 Å². The van der Waals surface area contributed by atoms with Gasteiger partial charge in [0.1, 0.15) is 0 Å². The smallest absolute Gasteiger partial charge is 0.311 e. The van der Waals surface area contributed by atoms with Crippen molar-refractivity contribution in [1.29, 1.82) is 0 Å². The molecule has 0 heterocycles. The molecule has 0 saturated heterocycles. The summed E-state index contributed by atoms with van der Waals surface area (Å²) in [6, 6.07) is 0. The molecule has 6 atom stereocenters. The summed E-state index contributed by atoms with van der Waals surface area (Å²) in [5.41, 5.74) is 1.30. The number of aliphatic hydroxyl groups excluding tert-OH is 1. The maximum atomic E-state index is 12.6. The third kappa shape index (κ3) is 2.46. The number of allylic oxidation sites excluding steroid dienone is 1. The number of esters is 1. The second-order valence-electron chi connectivity index (χ2n) is 9.35. The molecule has 24 heavy (non-hydrogen) atoms. The van der Waals surface area contributed by atoms with Crippen molar-refractivity contribution in [2.75, 3.05) is 7.11 Å². The van der Waals surface area contributed by atoms with Gasteiger partial charge in [-0.1, -0.05) is 31.9 Å². The van der Waals surface area contributed by atoms with Crippen LogP contribution in [0, 0.1) is 28.1 Å². The van der Waals surface area contributed by atoms with Crippen molar-refractivity contribution >= 4 is 5.97 Å². The van der Waals surface area contributed by atoms with Crippen LogP contribution in [-0.4, -0.2) is 24.3 Å². The van der Waals surface area contributed by atoms with E-state index in [1.165, 1.54) is 19.1 Å². The zero-order valence-corrected chi connectivity index (χ0v) is 16.0. The topological polar surface area (TPSA) is 46.5 Å². The van der Waals surface area contributed by atoms with Crippen molar-refractivity contribution in [1.82, 2.24) is 0 Å². The molecule has 0 aromatic heterocycles. The van der Waals surface area contributed by atoms with Crippen LogP contribution in [0.3, 0.4) is 0 Å². The molecule has 0 aromatic carbocycles. The Kier molecular flexibility index (Phi) is 4.39. The number of hydrogen-bond acceptors (Lipinski definition) is 3. The van der Waals surface area contributed by atoms with Crippen LogP contribution in [0.25, 0.3) is 0 Å². The summed E-state index contributed by atoms with van der Waals surface area (Å²) in [6.45, 7) is 8.66. The van der Waals surface area contributed by atoms with Crippen LogP contribution in [-0.2, 0) is 9.53 Å². The van der Waals surface area contributed by atoms with Crippen molar-refractivity contribution in [3.8, 4) is 0 Å². The molecule has 0 bridgehead atoms. The van der Waals surface area contributed by atoms with Crippen molar-refractivity contribution in [2.45, 2.75) is 78.7 Å². The standard InChI is InChI=1S/C21H34O3/c1-14(22)19(2)12-9-16-15(13-19)7-8-17-20(16,3)10-6-11-21(17,4)18(23)24-5/h13-14,16-17,22H,6-12H2,1-5H3/t14?,16-,17?,19-,20+,21+/m0/s1. The first-order valence-corrected chi connectivity index (χ1v) is 9.65. The molecule has 3 rings (SSSR count). The molecule has 3 aliphatic carbocycles. The highest BCUT2D eigenvalue weighted by molar-refractivity contribution is 5.77. The molecular formula is C21H34O3. The zero-order chi connectivity index (χ0) is 17.8. The van der Waals surface area contributed by atoms with Gasteiger partial charge in [0.05, 0.1) is 18.6 Å². The van der Waals surface area contributed by atoms with E-state index in [4.69, 9.17) is 4.74 Å². The van der Waals surface area contributed by atoms with Crippen molar-refractivity contribution in [2.24, 2.45) is 28.1 Å². The molecule has 2 fully saturated rings. The number of methoxy groups -OCH3 is 1. The molecule has 2 saturated carbocycles. The third-order valence-electron chi connectivity index (χ3n) is 8.03. The molecule has 3 nitrogen and oxygen atoms in total. The van der Waals surface area contributed by atoms with Crippen LogP contribution in [0.15, 0.2) is 11.6 Å². The summed E-state index contributed by atoms with van der Waals surface area (Å²) in [7, 11) is 1.53. The summed E-state index contributed by atoms with van der Waals surface area (Å²) in [5, 5.41) is 10.2. The summed E-state index contributed by atoms with van der Waals surface area (Å²) in [6.07, 6.45) is 9.67. The predicted molar refractivity (Wildman–Crippen MR) is 95.4 cm³/mol. The minimum absolute atomic E-state index is 0.0181. The molecule has 0 amide bonds. The van der Waals surface area contributed by atoms with E-state index < -0.39 is 0 Å². The number of ether oxygens (including phenoxy) is 1. The van der Waals surface area contributed by atoms with Crippen LogP contribution >= 0.6 is 0 Å². The van der Waals surface area contributed by atoms with Crippen LogP contribution < -0.4 is 0 Å². The number of aliphatic hydroxyl groups is 1. The first kappa shape index (κ1) is 18.0. The van der Waals surface area contributed by atoms with E-state index in [0.717, 1.165) is 38.5 Å². The molecular weight excluding hydrogens is 300 g/mol. The van der Waals surface area contributed by atoms with Crippen LogP contribution in [0.5, 0.6) is 0 Å². The van der Waals surface area contributed by atoms with E-state index in [2.05, 4.69) is 26.8 Å². The largest absolute Gasteiger partial charge is 0.469 e. The van der Waals surface area contributed by atoms with E-state index in [9.17, 15) is 9.90 Å². The van der Waals surface area contributed by atoms with E-state index >= 15 is 0 Å². The Balaban J connectivity index is 1.96. The second-order valence-corrected chi connectivity index (χ2v) is 9.35. The highest BCUT2D eigenvalue weighted by Crippen LogP contribution is 2.64. The highest BCUT2D eigenvalue weighted by atomic mass is 16.5. The van der Waals surface area contributed by atoms with Gasteiger partial charge in [0.2, 0.25) is 0 Å². The number of carbonyl (C=O) groups excluding carboxylic acids is 1. The molecule has 2 unspecified atom stereocenters. The lowest BCUT2D eigenvalue weighted by atomic mass is 9.45. The maximum Gasteiger partial charge on any atom is 0.311 e. The van der Waals surface area contributed by atoms with E-state index in [-0.39, 0.29) is 28.3 Å². The van der Waals surface area contributed by atoms with Gasteiger partial charge in [-0.2, -0.15) is 0 Å². The molecule has 3 heteroatoms.